The highest BCUT2D eigenvalue weighted by Gasteiger charge is 2.40. The number of aliphatic carboxylic acids is 1. The van der Waals surface area contributed by atoms with E-state index in [-0.39, 0.29) is 43.2 Å². The van der Waals surface area contributed by atoms with Crippen molar-refractivity contribution in [2.24, 2.45) is 12.0 Å². The number of carbonyl (C=O) groups is 2. The Kier molecular flexibility index (Phi) is 7.81. The highest BCUT2D eigenvalue weighted by molar-refractivity contribution is 8.15. The van der Waals surface area contributed by atoms with Crippen LogP contribution < -0.4 is 11.2 Å². The summed E-state index contributed by atoms with van der Waals surface area (Å²) in [6.45, 7) is -0.799. The molecule has 2 heterocycles. The number of benzene rings is 2. The third-order valence-corrected chi connectivity index (χ3v) is 7.27. The van der Waals surface area contributed by atoms with Crippen LogP contribution in [0.15, 0.2) is 57.0 Å². The molecule has 210 valence electrons. The minimum absolute atomic E-state index is 0.00466. The zero-order chi connectivity index (χ0) is 29.5. The van der Waals surface area contributed by atoms with Crippen LogP contribution in [0.1, 0.15) is 11.3 Å². The number of carboxylic acids is 1. The van der Waals surface area contributed by atoms with Crippen LogP contribution in [0.25, 0.3) is 5.69 Å². The van der Waals surface area contributed by atoms with Crippen LogP contribution in [0.4, 0.5) is 23.2 Å². The first kappa shape index (κ1) is 28.9. The zero-order valence-corrected chi connectivity index (χ0v) is 21.7. The van der Waals surface area contributed by atoms with Gasteiger partial charge in [-0.3, -0.25) is 23.9 Å². The van der Waals surface area contributed by atoms with Gasteiger partial charge in [0.2, 0.25) is 5.91 Å². The van der Waals surface area contributed by atoms with E-state index in [1.165, 1.54) is 6.07 Å². The summed E-state index contributed by atoms with van der Waals surface area (Å²) in [5.74, 6) is -3.35. The van der Waals surface area contributed by atoms with E-state index < -0.39 is 58.3 Å². The van der Waals surface area contributed by atoms with Crippen molar-refractivity contribution in [3.8, 4) is 11.4 Å². The maximum atomic E-state index is 14.9. The van der Waals surface area contributed by atoms with Crippen molar-refractivity contribution in [1.29, 1.82) is 0 Å². The number of hydrogen-bond acceptors (Lipinski definition) is 7. The summed E-state index contributed by atoms with van der Waals surface area (Å²) in [6, 6.07) is 7.82. The van der Waals surface area contributed by atoms with Gasteiger partial charge in [-0.1, -0.05) is 41.6 Å². The number of nitrogens with zero attached hydrogens (tertiary/aromatic N) is 4. The third kappa shape index (κ3) is 5.60. The van der Waals surface area contributed by atoms with E-state index in [9.17, 15) is 47.0 Å². The molecule has 0 bridgehead atoms. The number of aromatic hydroxyl groups is 1. The minimum Gasteiger partial charge on any atom is -0.508 e. The molecular weight excluding hydrogens is 584 g/mol. The summed E-state index contributed by atoms with van der Waals surface area (Å²) in [5.41, 5.74) is -5.19. The van der Waals surface area contributed by atoms with Crippen LogP contribution in [-0.2, 0) is 29.2 Å². The molecule has 1 aromatic heterocycles. The van der Waals surface area contributed by atoms with Gasteiger partial charge in [-0.05, 0) is 30.2 Å². The molecule has 0 aliphatic carbocycles. The van der Waals surface area contributed by atoms with Gasteiger partial charge in [-0.25, -0.2) is 18.7 Å². The van der Waals surface area contributed by atoms with Gasteiger partial charge in [0, 0.05) is 13.1 Å². The van der Waals surface area contributed by atoms with Crippen molar-refractivity contribution in [2.75, 3.05) is 6.54 Å². The van der Waals surface area contributed by atoms with Gasteiger partial charge in [0.05, 0.1) is 21.6 Å². The molecule has 1 aliphatic heterocycles. The molecule has 1 unspecified atom stereocenters. The first-order valence-electron chi connectivity index (χ1n) is 11.1. The lowest BCUT2D eigenvalue weighted by Crippen LogP contribution is -2.41. The first-order chi connectivity index (χ1) is 18.7. The molecule has 0 radical (unpaired) electrons. The van der Waals surface area contributed by atoms with Crippen LogP contribution in [0.5, 0.6) is 5.75 Å². The number of rotatable bonds is 6. The van der Waals surface area contributed by atoms with Gasteiger partial charge >= 0.3 is 17.8 Å². The fourth-order valence-electron chi connectivity index (χ4n) is 3.90. The minimum atomic E-state index is -5.03. The summed E-state index contributed by atoms with van der Waals surface area (Å²) in [7, 11) is 0.755. The number of carbonyl (C=O) groups excluding carboxylic acids is 1. The van der Waals surface area contributed by atoms with Crippen molar-refractivity contribution in [3.63, 3.8) is 0 Å². The van der Waals surface area contributed by atoms with Crippen molar-refractivity contribution >= 4 is 46.1 Å². The van der Waals surface area contributed by atoms with E-state index >= 15 is 0 Å². The third-order valence-electron chi connectivity index (χ3n) is 5.79. The summed E-state index contributed by atoms with van der Waals surface area (Å²) in [6.07, 6.45) is -5.03. The van der Waals surface area contributed by atoms with Gasteiger partial charge in [-0.2, -0.15) is 13.2 Å². The fraction of sp³-hybridized carbons (Fsp3) is 0.208. The fourth-order valence-corrected chi connectivity index (χ4v) is 5.27. The molecule has 0 spiro atoms. The molecular formula is C24H17ClF4N4O6S. The van der Waals surface area contributed by atoms with E-state index in [0.717, 1.165) is 29.8 Å². The second-order valence-corrected chi connectivity index (χ2v) is 10.0. The molecule has 1 amide bonds. The highest BCUT2D eigenvalue weighted by atomic mass is 35.5. The zero-order valence-electron chi connectivity index (χ0n) is 20.1. The lowest BCUT2D eigenvalue weighted by Gasteiger charge is -2.16. The number of para-hydroxylation sites is 1. The molecule has 1 fully saturated rings. The molecule has 4 rings (SSSR count). The van der Waals surface area contributed by atoms with Gasteiger partial charge in [0.1, 0.15) is 23.8 Å². The molecule has 10 nitrogen and oxygen atoms in total. The number of phenols is 1. The molecule has 2 N–H and O–H groups in total. The largest absolute Gasteiger partial charge is 0.508 e. The number of phenolic OH excluding ortho intramolecular Hbond substituents is 1. The number of hydrogen-bond donors (Lipinski definition) is 2. The number of amides is 1. The predicted octanol–water partition coefficient (Wildman–Crippen LogP) is 3.31. The molecule has 1 aliphatic rings. The van der Waals surface area contributed by atoms with Gasteiger partial charge in [-0.15, -0.1) is 0 Å². The summed E-state index contributed by atoms with van der Waals surface area (Å²) in [4.78, 5) is 54.6. The summed E-state index contributed by atoms with van der Waals surface area (Å²) < 4.78 is 54.8. The number of carboxylic acid groups (broad SMARTS) is 1. The lowest BCUT2D eigenvalue weighted by atomic mass is 10.1. The van der Waals surface area contributed by atoms with E-state index in [4.69, 9.17) is 11.6 Å². The Morgan fingerprint density at radius 3 is 2.45 bits per heavy atom. The Morgan fingerprint density at radius 1 is 1.15 bits per heavy atom. The molecule has 1 atom stereocenters. The van der Waals surface area contributed by atoms with Gasteiger partial charge < -0.3 is 10.2 Å². The Balaban J connectivity index is 1.81. The molecule has 3 aromatic rings. The van der Waals surface area contributed by atoms with E-state index in [1.807, 2.05) is 0 Å². The SMILES string of the molecule is Cn1c(C(F)(F)F)cc(=O)n(-c2cc(/N=C3\SC(Cc4ccccc4O)C(=O)N3CC(=O)O)c(Cl)cc2F)c1=O. The Morgan fingerprint density at radius 2 is 1.82 bits per heavy atom. The van der Waals surface area contributed by atoms with Crippen molar-refractivity contribution in [1.82, 2.24) is 14.0 Å². The Labute approximate surface area is 230 Å². The van der Waals surface area contributed by atoms with Crippen LogP contribution in [0, 0.1) is 5.82 Å². The molecule has 16 heteroatoms. The average molecular weight is 601 g/mol. The maximum Gasteiger partial charge on any atom is 0.431 e. The predicted molar refractivity (Wildman–Crippen MR) is 137 cm³/mol. The highest BCUT2D eigenvalue weighted by Crippen LogP contribution is 2.36. The molecule has 1 saturated heterocycles. The van der Waals surface area contributed by atoms with Gasteiger partial charge in [0.15, 0.2) is 5.17 Å². The van der Waals surface area contributed by atoms with Crippen molar-refractivity contribution in [2.45, 2.75) is 17.8 Å². The number of thioether (sulfide) groups is 1. The van der Waals surface area contributed by atoms with Gasteiger partial charge in [0.25, 0.3) is 5.56 Å². The molecule has 40 heavy (non-hydrogen) atoms. The number of amidine groups is 1. The summed E-state index contributed by atoms with van der Waals surface area (Å²) in [5, 5.41) is 17.9. The number of halogens is 5. The van der Waals surface area contributed by atoms with Crippen LogP contribution in [-0.4, -0.2) is 53.1 Å². The number of aliphatic imine (C=N–C) groups is 1. The maximum absolute atomic E-state index is 14.9. The number of alkyl halides is 3. The molecule has 0 saturated carbocycles. The first-order valence-corrected chi connectivity index (χ1v) is 12.4. The van der Waals surface area contributed by atoms with E-state index in [1.54, 1.807) is 18.2 Å². The number of aromatic nitrogens is 2. The smallest absolute Gasteiger partial charge is 0.431 e. The Hall–Kier alpha value is -4.11. The Bertz CT molecular complexity index is 1690. The standard InChI is InChI=1S/C24H17ClF4N4O6S/c1-31-18(24(27,28)29)9-19(35)33(23(31)39)15-8-14(12(25)7-13(15)26)30-22-32(10-20(36)37)21(38)17(40-22)6-11-4-2-3-5-16(11)34/h2-5,7-9,17,34H,6,10H2,1H3,(H,36,37)/b30-22-. The lowest BCUT2D eigenvalue weighted by molar-refractivity contribution is -0.144. The second-order valence-electron chi connectivity index (χ2n) is 8.45. The topological polar surface area (TPSA) is 134 Å². The van der Waals surface area contributed by atoms with Crippen molar-refractivity contribution < 1.29 is 37.4 Å². The monoisotopic (exact) mass is 600 g/mol. The summed E-state index contributed by atoms with van der Waals surface area (Å²) >= 11 is 6.95. The van der Waals surface area contributed by atoms with Crippen LogP contribution in [0.3, 0.4) is 0 Å². The normalized spacial score (nSPS) is 16.6. The molecule has 2 aromatic carbocycles. The van der Waals surface area contributed by atoms with E-state index in [0.29, 0.717) is 11.6 Å². The average Bonchev–Trinajstić information content (AvgIpc) is 3.13. The van der Waals surface area contributed by atoms with Crippen LogP contribution >= 0.6 is 23.4 Å². The van der Waals surface area contributed by atoms with Crippen molar-refractivity contribution in [3.05, 3.63) is 85.4 Å². The van der Waals surface area contributed by atoms with Crippen LogP contribution in [0.2, 0.25) is 5.02 Å². The quantitative estimate of drug-likeness (QED) is 0.415. The second kappa shape index (κ2) is 10.8. The van der Waals surface area contributed by atoms with E-state index in [2.05, 4.69) is 4.99 Å².